The molecule has 26 heavy (non-hydrogen) atoms. The summed E-state index contributed by atoms with van der Waals surface area (Å²) >= 11 is 0. The van der Waals surface area contributed by atoms with E-state index in [4.69, 9.17) is 9.47 Å². The Kier molecular flexibility index (Phi) is 5.46. The van der Waals surface area contributed by atoms with Crippen molar-refractivity contribution in [2.75, 3.05) is 18.5 Å². The summed E-state index contributed by atoms with van der Waals surface area (Å²) in [7, 11) is 0. The molecule has 0 aromatic heterocycles. The highest BCUT2D eigenvalue weighted by atomic mass is 19.4. The maximum atomic E-state index is 12.6. The van der Waals surface area contributed by atoms with Gasteiger partial charge in [0.2, 0.25) is 0 Å². The van der Waals surface area contributed by atoms with Gasteiger partial charge in [-0.3, -0.25) is 4.79 Å². The van der Waals surface area contributed by atoms with Crippen molar-refractivity contribution in [3.05, 3.63) is 59.7 Å². The maximum absolute atomic E-state index is 12.6. The number of hydrogen-bond donors (Lipinski definition) is 1. The van der Waals surface area contributed by atoms with E-state index in [2.05, 4.69) is 5.32 Å². The predicted octanol–water partition coefficient (Wildman–Crippen LogP) is 4.52. The number of alkyl halides is 3. The lowest BCUT2D eigenvalue weighted by Gasteiger charge is -2.12. The monoisotopic (exact) mass is 365 g/mol. The molecular formula is C19H18F3NO3. The first kappa shape index (κ1) is 18.3. The molecule has 0 saturated carbocycles. The van der Waals surface area contributed by atoms with Crippen LogP contribution < -0.4 is 10.1 Å². The van der Waals surface area contributed by atoms with Gasteiger partial charge in [0.1, 0.15) is 12.4 Å². The Balaban J connectivity index is 1.61. The predicted molar refractivity (Wildman–Crippen MR) is 90.3 cm³/mol. The molecule has 2 aromatic rings. The smallest absolute Gasteiger partial charge is 0.416 e. The lowest BCUT2D eigenvalue weighted by Crippen LogP contribution is -2.17. The Labute approximate surface area is 148 Å². The van der Waals surface area contributed by atoms with Crippen LogP contribution in [0.15, 0.2) is 48.5 Å². The third-order valence-electron chi connectivity index (χ3n) is 4.03. The highest BCUT2D eigenvalue weighted by molar-refractivity contribution is 6.04. The Morgan fingerprint density at radius 2 is 1.96 bits per heavy atom. The van der Waals surface area contributed by atoms with Gasteiger partial charge in [-0.2, -0.15) is 13.2 Å². The number of nitrogens with one attached hydrogen (secondary N) is 1. The number of halogens is 3. The summed E-state index contributed by atoms with van der Waals surface area (Å²) in [5.41, 5.74) is -0.122. The topological polar surface area (TPSA) is 47.6 Å². The summed E-state index contributed by atoms with van der Waals surface area (Å²) in [6.45, 7) is 1.16. The van der Waals surface area contributed by atoms with Gasteiger partial charge < -0.3 is 14.8 Å². The standard InChI is InChI=1S/C19H18F3NO3/c20-19(21,22)14-6-8-15(9-7-14)23-18(24)13-3-1-4-16(11-13)26-12-17-5-2-10-25-17/h1,3-4,6-9,11,17H,2,5,10,12H2,(H,23,24). The van der Waals surface area contributed by atoms with E-state index in [-0.39, 0.29) is 11.8 Å². The molecule has 3 rings (SSSR count). The number of amides is 1. The van der Waals surface area contributed by atoms with E-state index in [1.165, 1.54) is 12.1 Å². The van der Waals surface area contributed by atoms with Gasteiger partial charge in [0.05, 0.1) is 11.7 Å². The molecule has 0 spiro atoms. The normalized spacial score (nSPS) is 17.1. The van der Waals surface area contributed by atoms with Crippen LogP contribution in [0, 0.1) is 0 Å². The van der Waals surface area contributed by atoms with Crippen molar-refractivity contribution in [2.24, 2.45) is 0 Å². The molecule has 1 aliphatic heterocycles. The van der Waals surface area contributed by atoms with Gasteiger partial charge in [0.15, 0.2) is 0 Å². The summed E-state index contributed by atoms with van der Waals surface area (Å²) in [5, 5.41) is 2.57. The quantitative estimate of drug-likeness (QED) is 0.848. The Morgan fingerprint density at radius 3 is 2.62 bits per heavy atom. The Morgan fingerprint density at radius 1 is 1.19 bits per heavy atom. The van der Waals surface area contributed by atoms with E-state index in [0.29, 0.717) is 17.9 Å². The molecule has 1 atom stereocenters. The first-order valence-electron chi connectivity index (χ1n) is 8.25. The number of carbonyl (C=O) groups excluding carboxylic acids is 1. The van der Waals surface area contributed by atoms with Crippen LogP contribution in [0.4, 0.5) is 18.9 Å². The second-order valence-corrected chi connectivity index (χ2v) is 6.00. The minimum atomic E-state index is -4.41. The molecule has 1 unspecified atom stereocenters. The van der Waals surface area contributed by atoms with E-state index in [1.54, 1.807) is 24.3 Å². The second kappa shape index (κ2) is 7.78. The lowest BCUT2D eigenvalue weighted by molar-refractivity contribution is -0.137. The van der Waals surface area contributed by atoms with Crippen LogP contribution in [0.1, 0.15) is 28.8 Å². The molecule has 1 fully saturated rings. The van der Waals surface area contributed by atoms with Gasteiger partial charge >= 0.3 is 6.18 Å². The van der Waals surface area contributed by atoms with Gasteiger partial charge in [-0.15, -0.1) is 0 Å². The third kappa shape index (κ3) is 4.76. The van der Waals surface area contributed by atoms with Crippen molar-refractivity contribution >= 4 is 11.6 Å². The molecule has 1 aliphatic rings. The summed E-state index contributed by atoms with van der Waals surface area (Å²) < 4.78 is 48.8. The minimum Gasteiger partial charge on any atom is -0.491 e. The Bertz CT molecular complexity index is 753. The number of anilines is 1. The van der Waals surface area contributed by atoms with Crippen molar-refractivity contribution in [1.82, 2.24) is 0 Å². The molecule has 7 heteroatoms. The summed E-state index contributed by atoms with van der Waals surface area (Å²) in [6, 6.07) is 10.9. The lowest BCUT2D eigenvalue weighted by atomic mass is 10.1. The number of rotatable bonds is 5. The molecule has 1 N–H and O–H groups in total. The van der Waals surface area contributed by atoms with Gasteiger partial charge in [0, 0.05) is 17.9 Å². The molecule has 138 valence electrons. The van der Waals surface area contributed by atoms with E-state index in [9.17, 15) is 18.0 Å². The van der Waals surface area contributed by atoms with Crippen LogP contribution in [0.2, 0.25) is 0 Å². The van der Waals surface area contributed by atoms with Crippen LogP contribution in [0.5, 0.6) is 5.75 Å². The number of benzene rings is 2. The first-order chi connectivity index (χ1) is 12.4. The molecule has 4 nitrogen and oxygen atoms in total. The second-order valence-electron chi connectivity index (χ2n) is 6.00. The van der Waals surface area contributed by atoms with Crippen LogP contribution in [0.25, 0.3) is 0 Å². The maximum Gasteiger partial charge on any atom is 0.416 e. The fraction of sp³-hybridized carbons (Fsp3) is 0.316. The van der Waals surface area contributed by atoms with Crippen molar-refractivity contribution in [1.29, 1.82) is 0 Å². The molecule has 0 aliphatic carbocycles. The van der Waals surface area contributed by atoms with E-state index < -0.39 is 17.6 Å². The van der Waals surface area contributed by atoms with Crippen LogP contribution >= 0.6 is 0 Å². The highest BCUT2D eigenvalue weighted by Crippen LogP contribution is 2.30. The summed E-state index contributed by atoms with van der Waals surface area (Å²) in [6.07, 6.45) is -2.37. The number of hydrogen-bond acceptors (Lipinski definition) is 3. The molecule has 1 heterocycles. The summed E-state index contributed by atoms with van der Waals surface area (Å²) in [4.78, 5) is 12.3. The third-order valence-corrected chi connectivity index (χ3v) is 4.03. The average molecular weight is 365 g/mol. The molecule has 0 radical (unpaired) electrons. The van der Waals surface area contributed by atoms with Crippen molar-refractivity contribution in [2.45, 2.75) is 25.1 Å². The van der Waals surface area contributed by atoms with Gasteiger partial charge in [0.25, 0.3) is 5.91 Å². The van der Waals surface area contributed by atoms with Crippen molar-refractivity contribution in [3.63, 3.8) is 0 Å². The molecule has 2 aromatic carbocycles. The minimum absolute atomic E-state index is 0.0691. The Hall–Kier alpha value is -2.54. The van der Waals surface area contributed by atoms with Crippen molar-refractivity contribution < 1.29 is 27.4 Å². The average Bonchev–Trinajstić information content (AvgIpc) is 3.13. The first-order valence-corrected chi connectivity index (χ1v) is 8.25. The fourth-order valence-corrected chi connectivity index (χ4v) is 2.64. The van der Waals surface area contributed by atoms with Gasteiger partial charge in [-0.1, -0.05) is 6.07 Å². The van der Waals surface area contributed by atoms with E-state index >= 15 is 0 Å². The zero-order valence-corrected chi connectivity index (χ0v) is 13.9. The van der Waals surface area contributed by atoms with Gasteiger partial charge in [-0.05, 0) is 55.3 Å². The molecule has 1 amide bonds. The largest absolute Gasteiger partial charge is 0.491 e. The molecule has 1 saturated heterocycles. The van der Waals surface area contributed by atoms with Crippen LogP contribution in [-0.2, 0) is 10.9 Å². The zero-order chi connectivity index (χ0) is 18.6. The van der Waals surface area contributed by atoms with Crippen LogP contribution in [-0.4, -0.2) is 25.2 Å². The van der Waals surface area contributed by atoms with E-state index in [0.717, 1.165) is 31.6 Å². The van der Waals surface area contributed by atoms with Gasteiger partial charge in [-0.25, -0.2) is 0 Å². The summed E-state index contributed by atoms with van der Waals surface area (Å²) in [5.74, 6) is 0.118. The fourth-order valence-electron chi connectivity index (χ4n) is 2.64. The number of ether oxygens (including phenoxy) is 2. The molecule has 0 bridgehead atoms. The zero-order valence-electron chi connectivity index (χ0n) is 13.9. The van der Waals surface area contributed by atoms with Crippen LogP contribution in [0.3, 0.4) is 0 Å². The molecular weight excluding hydrogens is 347 g/mol. The SMILES string of the molecule is O=C(Nc1ccc(C(F)(F)F)cc1)c1cccc(OCC2CCCO2)c1. The van der Waals surface area contributed by atoms with E-state index in [1.807, 2.05) is 0 Å². The van der Waals surface area contributed by atoms with Crippen molar-refractivity contribution in [3.8, 4) is 5.75 Å². The highest BCUT2D eigenvalue weighted by Gasteiger charge is 2.30. The number of carbonyl (C=O) groups is 1.